The number of amides is 1. The molecule has 0 aliphatic heterocycles. The van der Waals surface area contributed by atoms with Crippen LogP contribution >= 0.6 is 0 Å². The molecule has 9 nitrogen and oxygen atoms in total. The second-order valence-electron chi connectivity index (χ2n) is 6.68. The number of anilines is 2. The molecule has 11 heteroatoms. The molecular formula is C21H25FN2O7S. The summed E-state index contributed by atoms with van der Waals surface area (Å²) in [6.07, 6.45) is 0.981. The van der Waals surface area contributed by atoms with Crippen molar-refractivity contribution in [2.45, 2.75) is 12.8 Å². The monoisotopic (exact) mass is 468 g/mol. The summed E-state index contributed by atoms with van der Waals surface area (Å²) in [7, 11) is 0.246. The lowest BCUT2D eigenvalue weighted by molar-refractivity contribution is -0.116. The molecule has 32 heavy (non-hydrogen) atoms. The minimum Gasteiger partial charge on any atom is -0.493 e. The average Bonchev–Trinajstić information content (AvgIpc) is 2.75. The van der Waals surface area contributed by atoms with Crippen LogP contribution in [0.3, 0.4) is 0 Å². The van der Waals surface area contributed by atoms with Gasteiger partial charge >= 0.3 is 5.97 Å². The Morgan fingerprint density at radius 3 is 2.25 bits per heavy atom. The third-order valence-corrected chi connectivity index (χ3v) is 5.67. The first kappa shape index (κ1) is 24.9. The van der Waals surface area contributed by atoms with Gasteiger partial charge in [0, 0.05) is 25.1 Å². The molecule has 0 aliphatic carbocycles. The van der Waals surface area contributed by atoms with Gasteiger partial charge < -0.3 is 19.5 Å². The van der Waals surface area contributed by atoms with Gasteiger partial charge in [0.2, 0.25) is 15.9 Å². The fourth-order valence-corrected chi connectivity index (χ4v) is 3.94. The highest BCUT2D eigenvalue weighted by molar-refractivity contribution is 7.92. The molecule has 0 aromatic heterocycles. The minimum absolute atomic E-state index is 0.0580. The second-order valence-corrected chi connectivity index (χ2v) is 8.59. The zero-order valence-electron chi connectivity index (χ0n) is 18.2. The van der Waals surface area contributed by atoms with E-state index in [1.807, 2.05) is 0 Å². The number of nitrogens with one attached hydrogen (secondary N) is 1. The number of methoxy groups -OCH3 is 3. The van der Waals surface area contributed by atoms with E-state index in [1.54, 1.807) is 0 Å². The summed E-state index contributed by atoms with van der Waals surface area (Å²) >= 11 is 0. The number of hydrogen-bond donors (Lipinski definition) is 1. The Morgan fingerprint density at radius 1 is 1.06 bits per heavy atom. The smallest absolute Gasteiger partial charge is 0.340 e. The number of para-hydroxylation sites is 1. The lowest BCUT2D eigenvalue weighted by Gasteiger charge is -2.22. The van der Waals surface area contributed by atoms with Gasteiger partial charge in [-0.05, 0) is 18.6 Å². The largest absolute Gasteiger partial charge is 0.493 e. The summed E-state index contributed by atoms with van der Waals surface area (Å²) in [5, 5.41) is 2.60. The lowest BCUT2D eigenvalue weighted by Crippen LogP contribution is -2.32. The molecule has 0 fully saturated rings. The van der Waals surface area contributed by atoms with E-state index in [2.05, 4.69) is 5.32 Å². The number of nitrogens with zero attached hydrogens (tertiary/aromatic N) is 1. The first-order valence-corrected chi connectivity index (χ1v) is 11.3. The van der Waals surface area contributed by atoms with Crippen LogP contribution in [0.1, 0.15) is 23.2 Å². The van der Waals surface area contributed by atoms with E-state index in [0.717, 1.165) is 16.6 Å². The van der Waals surface area contributed by atoms with Gasteiger partial charge in [-0.3, -0.25) is 9.10 Å². The predicted octanol–water partition coefficient (Wildman–Crippen LogP) is 2.81. The molecule has 0 spiro atoms. The number of benzene rings is 2. The molecule has 0 unspecified atom stereocenters. The van der Waals surface area contributed by atoms with Gasteiger partial charge in [0.1, 0.15) is 5.82 Å². The molecule has 2 aromatic carbocycles. The Hall–Kier alpha value is -3.34. The van der Waals surface area contributed by atoms with Gasteiger partial charge in [-0.25, -0.2) is 17.6 Å². The van der Waals surface area contributed by atoms with Gasteiger partial charge in [0.05, 0.1) is 44.5 Å². The summed E-state index contributed by atoms with van der Waals surface area (Å²) in [6.45, 7) is -0.108. The van der Waals surface area contributed by atoms with E-state index in [-0.39, 0.29) is 42.1 Å². The summed E-state index contributed by atoms with van der Waals surface area (Å²) in [5.74, 6) is -1.29. The van der Waals surface area contributed by atoms with E-state index in [1.165, 1.54) is 51.7 Å². The van der Waals surface area contributed by atoms with Crippen molar-refractivity contribution in [2.24, 2.45) is 0 Å². The first-order chi connectivity index (χ1) is 15.1. The van der Waals surface area contributed by atoms with Gasteiger partial charge in [-0.15, -0.1) is 0 Å². The van der Waals surface area contributed by atoms with Crippen LogP contribution < -0.4 is 19.1 Å². The van der Waals surface area contributed by atoms with Crippen LogP contribution in [0, 0.1) is 5.82 Å². The average molecular weight is 469 g/mol. The predicted molar refractivity (Wildman–Crippen MR) is 117 cm³/mol. The maximum atomic E-state index is 14.1. The molecule has 0 saturated heterocycles. The molecule has 0 bridgehead atoms. The number of halogens is 1. The van der Waals surface area contributed by atoms with Gasteiger partial charge in [-0.1, -0.05) is 12.1 Å². The summed E-state index contributed by atoms with van der Waals surface area (Å²) < 4.78 is 54.3. The van der Waals surface area contributed by atoms with Crippen LogP contribution in [-0.4, -0.2) is 54.4 Å². The zero-order valence-corrected chi connectivity index (χ0v) is 19.0. The van der Waals surface area contributed by atoms with Gasteiger partial charge in [-0.2, -0.15) is 0 Å². The van der Waals surface area contributed by atoms with Crippen LogP contribution in [0.4, 0.5) is 15.8 Å². The van der Waals surface area contributed by atoms with Crippen molar-refractivity contribution in [3.63, 3.8) is 0 Å². The standard InChI is InChI=1S/C21H25FN2O7S/c1-29-18-12-14(21(26)31-3)16(13-19(18)30-2)23-20(25)10-7-11-24(32(4,27)28)17-9-6-5-8-15(17)22/h5-6,8-9,12-13H,7,10-11H2,1-4H3,(H,23,25). The summed E-state index contributed by atoms with van der Waals surface area (Å²) in [4.78, 5) is 24.6. The molecule has 2 rings (SSSR count). The molecule has 0 radical (unpaired) electrons. The van der Waals surface area contributed by atoms with E-state index in [9.17, 15) is 22.4 Å². The highest BCUT2D eigenvalue weighted by Crippen LogP contribution is 2.34. The Kier molecular flexibility index (Phi) is 8.41. The fourth-order valence-electron chi connectivity index (χ4n) is 2.98. The van der Waals surface area contributed by atoms with E-state index in [0.29, 0.717) is 5.75 Å². The van der Waals surface area contributed by atoms with Crippen molar-refractivity contribution in [1.82, 2.24) is 0 Å². The first-order valence-electron chi connectivity index (χ1n) is 9.48. The van der Waals surface area contributed by atoms with E-state index < -0.39 is 27.7 Å². The fraction of sp³-hybridized carbons (Fsp3) is 0.333. The number of hydrogen-bond acceptors (Lipinski definition) is 7. The Bertz CT molecular complexity index is 1090. The number of ether oxygens (including phenoxy) is 3. The Labute approximate surface area is 186 Å². The van der Waals surface area contributed by atoms with E-state index in [4.69, 9.17) is 14.2 Å². The number of carbonyl (C=O) groups is 2. The molecule has 0 atom stereocenters. The number of esters is 1. The van der Waals surface area contributed by atoms with Crippen LogP contribution in [-0.2, 0) is 19.6 Å². The van der Waals surface area contributed by atoms with Crippen molar-refractivity contribution < 1.29 is 36.6 Å². The molecule has 1 amide bonds. The van der Waals surface area contributed by atoms with Gasteiger partial charge in [0.15, 0.2) is 11.5 Å². The highest BCUT2D eigenvalue weighted by atomic mass is 32.2. The molecule has 0 aliphatic rings. The summed E-state index contributed by atoms with van der Waals surface area (Å²) in [6, 6.07) is 8.28. The third-order valence-electron chi connectivity index (χ3n) is 4.49. The van der Waals surface area contributed by atoms with Crippen LogP contribution in [0.15, 0.2) is 36.4 Å². The van der Waals surface area contributed by atoms with Crippen molar-refractivity contribution in [1.29, 1.82) is 0 Å². The lowest BCUT2D eigenvalue weighted by atomic mass is 10.1. The molecule has 0 heterocycles. The van der Waals surface area contributed by atoms with Crippen molar-refractivity contribution in [3.8, 4) is 11.5 Å². The Morgan fingerprint density at radius 2 is 1.69 bits per heavy atom. The van der Waals surface area contributed by atoms with Gasteiger partial charge in [0.25, 0.3) is 0 Å². The SMILES string of the molecule is COC(=O)c1cc(OC)c(OC)cc1NC(=O)CCCN(c1ccccc1F)S(C)(=O)=O. The quantitative estimate of drug-likeness (QED) is 0.534. The van der Waals surface area contributed by atoms with Crippen molar-refractivity contribution in [3.05, 3.63) is 47.8 Å². The third kappa shape index (κ3) is 6.10. The summed E-state index contributed by atoms with van der Waals surface area (Å²) in [5.41, 5.74) is 0.111. The molecular weight excluding hydrogens is 443 g/mol. The topological polar surface area (TPSA) is 111 Å². The van der Waals surface area contributed by atoms with Crippen molar-refractivity contribution >= 4 is 33.3 Å². The maximum Gasteiger partial charge on any atom is 0.340 e. The number of rotatable bonds is 10. The minimum atomic E-state index is -3.77. The van der Waals surface area contributed by atoms with Crippen LogP contribution in [0.2, 0.25) is 0 Å². The van der Waals surface area contributed by atoms with Crippen LogP contribution in [0.5, 0.6) is 11.5 Å². The Balaban J connectivity index is 2.15. The van der Waals surface area contributed by atoms with E-state index >= 15 is 0 Å². The highest BCUT2D eigenvalue weighted by Gasteiger charge is 2.22. The number of carbonyl (C=O) groups excluding carboxylic acids is 2. The molecule has 2 aromatic rings. The number of sulfonamides is 1. The van der Waals surface area contributed by atoms with Crippen molar-refractivity contribution in [2.75, 3.05) is 43.8 Å². The molecule has 174 valence electrons. The normalized spacial score (nSPS) is 10.9. The maximum absolute atomic E-state index is 14.1. The molecule has 0 saturated carbocycles. The molecule has 1 N–H and O–H groups in total. The second kappa shape index (κ2) is 10.8. The zero-order chi connectivity index (χ0) is 23.9. The van der Waals surface area contributed by atoms with Crippen LogP contribution in [0.25, 0.3) is 0 Å².